The monoisotopic (exact) mass is 411 g/mol. The van der Waals surface area contributed by atoms with Crippen LogP contribution >= 0.6 is 0 Å². The molecule has 2 heterocycles. The second-order valence-corrected chi connectivity index (χ2v) is 7.22. The summed E-state index contributed by atoms with van der Waals surface area (Å²) in [4.78, 5) is 31.8. The number of benzene rings is 2. The first-order valence-corrected chi connectivity index (χ1v) is 9.72. The molecule has 0 bridgehead atoms. The zero-order chi connectivity index (χ0) is 21.4. The van der Waals surface area contributed by atoms with Gasteiger partial charge in [-0.3, -0.25) is 5.32 Å². The number of nitrogens with one attached hydrogen (secondary N) is 1. The van der Waals surface area contributed by atoms with E-state index in [0.29, 0.717) is 11.0 Å². The van der Waals surface area contributed by atoms with Gasteiger partial charge in [-0.2, -0.15) is 0 Å². The number of hydrogen-bond acceptors (Lipinski definition) is 5. The van der Waals surface area contributed by atoms with E-state index >= 15 is 0 Å². The lowest BCUT2D eigenvalue weighted by Gasteiger charge is -2.14. The molecule has 2 aromatic heterocycles. The summed E-state index contributed by atoms with van der Waals surface area (Å²) >= 11 is 0. The molecule has 2 aromatic carbocycles. The van der Waals surface area contributed by atoms with Crippen LogP contribution in [0.4, 0.5) is 10.6 Å². The second-order valence-electron chi connectivity index (χ2n) is 7.22. The largest absolute Gasteiger partial charge is 0.478 e. The van der Waals surface area contributed by atoms with Gasteiger partial charge in [-0.25, -0.2) is 19.6 Å². The maximum absolute atomic E-state index is 12.4. The van der Waals surface area contributed by atoms with Crippen molar-refractivity contribution < 1.29 is 19.4 Å². The van der Waals surface area contributed by atoms with E-state index in [1.54, 1.807) is 12.1 Å². The Morgan fingerprint density at radius 2 is 1.65 bits per heavy atom. The SMILES string of the molecule is O=C(Nc1ccc2cc(C(=O)O)cnc2n1)OCC1c2ccccc2-c2ccccc21. The van der Waals surface area contributed by atoms with Gasteiger partial charge >= 0.3 is 12.1 Å². The molecule has 1 amide bonds. The minimum Gasteiger partial charge on any atom is -0.478 e. The van der Waals surface area contributed by atoms with Gasteiger partial charge in [-0.15, -0.1) is 0 Å². The molecule has 1 aliphatic rings. The Hall–Kier alpha value is -4.26. The summed E-state index contributed by atoms with van der Waals surface area (Å²) in [6.45, 7) is 0.202. The van der Waals surface area contributed by atoms with Crippen LogP contribution in [0.2, 0.25) is 0 Å². The third kappa shape index (κ3) is 3.46. The summed E-state index contributed by atoms with van der Waals surface area (Å²) in [6, 6.07) is 21.0. The summed E-state index contributed by atoms with van der Waals surface area (Å²) in [5.74, 6) is -0.811. The minimum atomic E-state index is -1.06. The predicted molar refractivity (Wildman–Crippen MR) is 115 cm³/mol. The first-order chi connectivity index (χ1) is 15.1. The highest BCUT2D eigenvalue weighted by molar-refractivity contribution is 5.92. The van der Waals surface area contributed by atoms with Crippen molar-refractivity contribution in [1.82, 2.24) is 9.97 Å². The number of fused-ring (bicyclic) bond motifs is 4. The molecule has 1 aliphatic carbocycles. The van der Waals surface area contributed by atoms with Gasteiger partial charge in [-0.05, 0) is 40.5 Å². The molecule has 0 saturated heterocycles. The molecule has 0 saturated carbocycles. The summed E-state index contributed by atoms with van der Waals surface area (Å²) in [6.07, 6.45) is 0.616. The standard InChI is InChI=1S/C24H17N3O4/c28-23(29)15-11-14-9-10-21(26-22(14)25-12-15)27-24(30)31-13-20-18-7-3-1-5-16(18)17-6-2-4-8-19(17)20/h1-12,20H,13H2,(H,28,29)(H,25,26,27,30). The van der Waals surface area contributed by atoms with Gasteiger partial charge in [0.05, 0.1) is 5.56 Å². The smallest absolute Gasteiger partial charge is 0.412 e. The Morgan fingerprint density at radius 3 is 2.32 bits per heavy atom. The number of carbonyl (C=O) groups excluding carboxylic acids is 1. The molecular weight excluding hydrogens is 394 g/mol. The predicted octanol–water partition coefficient (Wildman–Crippen LogP) is 4.69. The van der Waals surface area contributed by atoms with Crippen LogP contribution in [-0.4, -0.2) is 33.7 Å². The Labute approximate surface area is 177 Å². The van der Waals surface area contributed by atoms with E-state index < -0.39 is 12.1 Å². The molecule has 152 valence electrons. The Bertz CT molecular complexity index is 1290. The lowest BCUT2D eigenvalue weighted by molar-refractivity contribution is 0.0696. The highest BCUT2D eigenvalue weighted by Gasteiger charge is 2.29. The van der Waals surface area contributed by atoms with Gasteiger partial charge in [0.15, 0.2) is 5.65 Å². The zero-order valence-electron chi connectivity index (χ0n) is 16.3. The fourth-order valence-corrected chi connectivity index (χ4v) is 3.94. The van der Waals surface area contributed by atoms with Crippen LogP contribution < -0.4 is 5.32 Å². The van der Waals surface area contributed by atoms with Crippen molar-refractivity contribution in [1.29, 1.82) is 0 Å². The fourth-order valence-electron chi connectivity index (χ4n) is 3.94. The fraction of sp³-hybridized carbons (Fsp3) is 0.0833. The first kappa shape index (κ1) is 18.7. The number of carboxylic acid groups (broad SMARTS) is 1. The third-order valence-corrected chi connectivity index (χ3v) is 5.36. The van der Waals surface area contributed by atoms with Crippen molar-refractivity contribution in [3.8, 4) is 11.1 Å². The van der Waals surface area contributed by atoms with Gasteiger partial charge in [0.2, 0.25) is 0 Å². The number of anilines is 1. The molecule has 0 fully saturated rings. The van der Waals surface area contributed by atoms with Crippen LogP contribution in [0.1, 0.15) is 27.4 Å². The average Bonchev–Trinajstić information content (AvgIpc) is 3.11. The van der Waals surface area contributed by atoms with E-state index in [1.807, 2.05) is 24.3 Å². The van der Waals surface area contributed by atoms with Crippen LogP contribution in [0.15, 0.2) is 72.9 Å². The van der Waals surface area contributed by atoms with Gasteiger partial charge in [-0.1, -0.05) is 48.5 Å². The molecule has 31 heavy (non-hydrogen) atoms. The van der Waals surface area contributed by atoms with Crippen molar-refractivity contribution in [3.05, 3.63) is 89.6 Å². The molecule has 7 nitrogen and oxygen atoms in total. The summed E-state index contributed by atoms with van der Waals surface area (Å²) in [5, 5.41) is 12.2. The molecule has 0 radical (unpaired) electrons. The summed E-state index contributed by atoms with van der Waals surface area (Å²) in [7, 11) is 0. The van der Waals surface area contributed by atoms with Gasteiger partial charge in [0, 0.05) is 17.5 Å². The number of carboxylic acids is 1. The van der Waals surface area contributed by atoms with Crippen LogP contribution in [0.25, 0.3) is 22.2 Å². The Morgan fingerprint density at radius 1 is 0.968 bits per heavy atom. The lowest BCUT2D eigenvalue weighted by atomic mass is 9.98. The van der Waals surface area contributed by atoms with Gasteiger partial charge < -0.3 is 9.84 Å². The van der Waals surface area contributed by atoms with Crippen LogP contribution in [-0.2, 0) is 4.74 Å². The van der Waals surface area contributed by atoms with Gasteiger partial charge in [0.25, 0.3) is 0 Å². The van der Waals surface area contributed by atoms with E-state index in [4.69, 9.17) is 9.84 Å². The van der Waals surface area contributed by atoms with Crippen LogP contribution in [0.3, 0.4) is 0 Å². The number of rotatable bonds is 4. The van der Waals surface area contributed by atoms with E-state index in [9.17, 15) is 9.59 Å². The maximum atomic E-state index is 12.4. The molecule has 0 atom stereocenters. The molecule has 5 rings (SSSR count). The quantitative estimate of drug-likeness (QED) is 0.505. The van der Waals surface area contributed by atoms with E-state index in [0.717, 1.165) is 22.3 Å². The topological polar surface area (TPSA) is 101 Å². The molecule has 0 unspecified atom stereocenters. The molecule has 0 spiro atoms. The van der Waals surface area contributed by atoms with Crippen molar-refractivity contribution in [2.75, 3.05) is 11.9 Å². The van der Waals surface area contributed by atoms with E-state index in [1.165, 1.54) is 12.3 Å². The number of ether oxygens (including phenoxy) is 1. The van der Waals surface area contributed by atoms with Crippen molar-refractivity contribution >= 4 is 28.9 Å². The van der Waals surface area contributed by atoms with E-state index in [-0.39, 0.29) is 23.9 Å². The highest BCUT2D eigenvalue weighted by Crippen LogP contribution is 2.44. The van der Waals surface area contributed by atoms with Crippen molar-refractivity contribution in [2.24, 2.45) is 0 Å². The lowest BCUT2D eigenvalue weighted by Crippen LogP contribution is -2.18. The average molecular weight is 411 g/mol. The Kier molecular flexibility index (Phi) is 4.55. The molecule has 2 N–H and O–H groups in total. The van der Waals surface area contributed by atoms with Crippen LogP contribution in [0.5, 0.6) is 0 Å². The number of aromatic carboxylic acids is 1. The first-order valence-electron chi connectivity index (χ1n) is 9.72. The number of pyridine rings is 2. The number of amides is 1. The number of aromatic nitrogens is 2. The number of nitrogens with zero attached hydrogens (tertiary/aromatic N) is 2. The normalized spacial score (nSPS) is 12.3. The van der Waals surface area contributed by atoms with E-state index in [2.05, 4.69) is 39.6 Å². The van der Waals surface area contributed by atoms with Gasteiger partial charge in [0.1, 0.15) is 12.4 Å². The Balaban J connectivity index is 1.30. The van der Waals surface area contributed by atoms with Crippen molar-refractivity contribution in [3.63, 3.8) is 0 Å². The maximum Gasteiger partial charge on any atom is 0.412 e. The zero-order valence-corrected chi connectivity index (χ0v) is 16.3. The molecule has 4 aromatic rings. The number of hydrogen-bond donors (Lipinski definition) is 2. The number of carbonyl (C=O) groups is 2. The summed E-state index contributed by atoms with van der Waals surface area (Å²) in [5.41, 5.74) is 5.01. The highest BCUT2D eigenvalue weighted by atomic mass is 16.5. The second kappa shape index (κ2) is 7.53. The van der Waals surface area contributed by atoms with Crippen LogP contribution in [0, 0.1) is 0 Å². The van der Waals surface area contributed by atoms with Crippen molar-refractivity contribution in [2.45, 2.75) is 5.92 Å². The third-order valence-electron chi connectivity index (χ3n) is 5.36. The molecule has 7 heteroatoms. The minimum absolute atomic E-state index is 0.0289. The molecule has 0 aliphatic heterocycles. The molecular formula is C24H17N3O4. The summed E-state index contributed by atoms with van der Waals surface area (Å²) < 4.78 is 5.52.